The van der Waals surface area contributed by atoms with Gasteiger partial charge in [-0.2, -0.15) is 0 Å². The van der Waals surface area contributed by atoms with E-state index in [0.29, 0.717) is 0 Å². The standard InChI is InChI=1S/C20H25N3O2/c1-16-17-9-6-7-10-18(17)23(20(16)22-14-12-21-15-22)13-8-4-2-3-5-11-19(24)25/h6-7,9-10,12,14-15H,2-5,8,11,13H2,1H3,(H,24,25). The summed E-state index contributed by atoms with van der Waals surface area (Å²) >= 11 is 0. The summed E-state index contributed by atoms with van der Waals surface area (Å²) < 4.78 is 4.46. The number of para-hydroxylation sites is 1. The number of imidazole rings is 1. The van der Waals surface area contributed by atoms with E-state index in [1.54, 1.807) is 0 Å². The van der Waals surface area contributed by atoms with Crippen LogP contribution in [-0.2, 0) is 11.3 Å². The molecule has 0 aliphatic rings. The summed E-state index contributed by atoms with van der Waals surface area (Å²) in [6, 6.07) is 8.52. The number of nitrogens with zero attached hydrogens (tertiary/aromatic N) is 3. The van der Waals surface area contributed by atoms with Gasteiger partial charge in [-0.25, -0.2) is 4.98 Å². The lowest BCUT2D eigenvalue weighted by Crippen LogP contribution is -2.06. The average molecular weight is 339 g/mol. The molecule has 0 atom stereocenters. The summed E-state index contributed by atoms with van der Waals surface area (Å²) in [6.07, 6.45) is 11.0. The molecule has 0 unspecified atom stereocenters. The van der Waals surface area contributed by atoms with Gasteiger partial charge in [0, 0.05) is 36.3 Å². The largest absolute Gasteiger partial charge is 0.481 e. The van der Waals surface area contributed by atoms with Gasteiger partial charge in [-0.05, 0) is 31.4 Å². The Labute approximate surface area is 147 Å². The Balaban J connectivity index is 1.70. The first kappa shape index (κ1) is 17.3. The molecule has 0 saturated heterocycles. The van der Waals surface area contributed by atoms with Crippen LogP contribution in [0.3, 0.4) is 0 Å². The summed E-state index contributed by atoms with van der Waals surface area (Å²) in [6.45, 7) is 3.13. The number of hydrogen-bond donors (Lipinski definition) is 1. The normalized spacial score (nSPS) is 11.2. The van der Waals surface area contributed by atoms with Crippen LogP contribution in [0.25, 0.3) is 16.7 Å². The van der Waals surface area contributed by atoms with E-state index in [1.165, 1.54) is 22.3 Å². The summed E-state index contributed by atoms with van der Waals surface area (Å²) in [4.78, 5) is 14.7. The molecule has 0 bridgehead atoms. The Kier molecular flexibility index (Phi) is 5.53. The maximum Gasteiger partial charge on any atom is 0.303 e. The second kappa shape index (κ2) is 8.01. The van der Waals surface area contributed by atoms with Crippen molar-refractivity contribution in [3.63, 3.8) is 0 Å². The zero-order valence-corrected chi connectivity index (χ0v) is 14.7. The van der Waals surface area contributed by atoms with Crippen molar-refractivity contribution in [1.29, 1.82) is 0 Å². The van der Waals surface area contributed by atoms with Gasteiger partial charge < -0.3 is 9.67 Å². The molecule has 5 nitrogen and oxygen atoms in total. The average Bonchev–Trinajstić information content (AvgIpc) is 3.21. The molecule has 2 heterocycles. The minimum absolute atomic E-state index is 0.284. The number of aliphatic carboxylic acids is 1. The van der Waals surface area contributed by atoms with E-state index >= 15 is 0 Å². The highest BCUT2D eigenvalue weighted by Gasteiger charge is 2.14. The number of rotatable bonds is 9. The molecule has 25 heavy (non-hydrogen) atoms. The highest BCUT2D eigenvalue weighted by Crippen LogP contribution is 2.28. The number of fused-ring (bicyclic) bond motifs is 1. The van der Waals surface area contributed by atoms with Gasteiger partial charge in [0.25, 0.3) is 0 Å². The quantitative estimate of drug-likeness (QED) is 0.581. The number of carboxylic acid groups (broad SMARTS) is 1. The van der Waals surface area contributed by atoms with Crippen LogP contribution >= 0.6 is 0 Å². The molecule has 0 aliphatic carbocycles. The molecule has 0 saturated carbocycles. The number of hydrogen-bond acceptors (Lipinski definition) is 2. The van der Waals surface area contributed by atoms with Gasteiger partial charge >= 0.3 is 5.97 Å². The van der Waals surface area contributed by atoms with Crippen molar-refractivity contribution in [1.82, 2.24) is 14.1 Å². The number of benzene rings is 1. The maximum atomic E-state index is 10.5. The second-order valence-corrected chi connectivity index (χ2v) is 6.50. The molecule has 1 N–H and O–H groups in total. The molecule has 3 rings (SSSR count). The third kappa shape index (κ3) is 3.92. The summed E-state index contributed by atoms with van der Waals surface area (Å²) in [5, 5.41) is 9.96. The van der Waals surface area contributed by atoms with Gasteiger partial charge in [-0.1, -0.05) is 37.5 Å². The Morgan fingerprint density at radius 1 is 1.12 bits per heavy atom. The van der Waals surface area contributed by atoms with Crippen molar-refractivity contribution in [2.75, 3.05) is 0 Å². The van der Waals surface area contributed by atoms with Gasteiger partial charge in [0.05, 0.1) is 0 Å². The molecule has 0 amide bonds. The molecule has 2 aromatic heterocycles. The predicted octanol–water partition coefficient (Wildman–Crippen LogP) is 4.56. The molecule has 0 radical (unpaired) electrons. The van der Waals surface area contributed by atoms with Crippen molar-refractivity contribution >= 4 is 16.9 Å². The molecular weight excluding hydrogens is 314 g/mol. The first-order valence-corrected chi connectivity index (χ1v) is 8.96. The van der Waals surface area contributed by atoms with Crippen LogP contribution in [0.2, 0.25) is 0 Å². The Bertz CT molecular complexity index is 834. The molecule has 0 spiro atoms. The van der Waals surface area contributed by atoms with E-state index in [9.17, 15) is 4.79 Å². The fourth-order valence-corrected chi connectivity index (χ4v) is 3.48. The predicted molar refractivity (Wildman–Crippen MR) is 99.1 cm³/mol. The van der Waals surface area contributed by atoms with E-state index in [0.717, 1.165) is 38.6 Å². The van der Waals surface area contributed by atoms with Crippen molar-refractivity contribution in [2.24, 2.45) is 0 Å². The van der Waals surface area contributed by atoms with E-state index < -0.39 is 5.97 Å². The van der Waals surface area contributed by atoms with Crippen LogP contribution in [-0.4, -0.2) is 25.2 Å². The Morgan fingerprint density at radius 2 is 1.88 bits per heavy atom. The minimum atomic E-state index is -0.695. The van der Waals surface area contributed by atoms with Gasteiger partial charge in [0.2, 0.25) is 0 Å². The maximum absolute atomic E-state index is 10.5. The Hall–Kier alpha value is -2.56. The summed E-state index contributed by atoms with van der Waals surface area (Å²) in [7, 11) is 0. The van der Waals surface area contributed by atoms with Crippen LogP contribution < -0.4 is 0 Å². The summed E-state index contributed by atoms with van der Waals surface area (Å²) in [5.41, 5.74) is 2.53. The zero-order chi connectivity index (χ0) is 17.6. The molecular formula is C20H25N3O2. The van der Waals surface area contributed by atoms with Gasteiger partial charge in [-0.3, -0.25) is 9.36 Å². The van der Waals surface area contributed by atoms with Crippen LogP contribution in [0.15, 0.2) is 43.0 Å². The van der Waals surface area contributed by atoms with Crippen LogP contribution in [0, 0.1) is 6.92 Å². The number of carboxylic acids is 1. The number of aryl methyl sites for hydroxylation is 2. The topological polar surface area (TPSA) is 60.0 Å². The first-order chi connectivity index (χ1) is 12.2. The van der Waals surface area contributed by atoms with Crippen LogP contribution in [0.5, 0.6) is 0 Å². The third-order valence-corrected chi connectivity index (χ3v) is 4.71. The van der Waals surface area contributed by atoms with Gasteiger partial charge in [-0.15, -0.1) is 0 Å². The van der Waals surface area contributed by atoms with E-state index in [1.807, 2.05) is 18.7 Å². The smallest absolute Gasteiger partial charge is 0.303 e. The molecule has 3 aromatic rings. The minimum Gasteiger partial charge on any atom is -0.481 e. The van der Waals surface area contributed by atoms with Crippen LogP contribution in [0.4, 0.5) is 0 Å². The van der Waals surface area contributed by atoms with E-state index in [2.05, 4.69) is 45.3 Å². The monoisotopic (exact) mass is 339 g/mol. The highest BCUT2D eigenvalue weighted by molar-refractivity contribution is 5.87. The fraction of sp³-hybridized carbons (Fsp3) is 0.400. The van der Waals surface area contributed by atoms with Gasteiger partial charge in [0.1, 0.15) is 12.1 Å². The van der Waals surface area contributed by atoms with E-state index in [-0.39, 0.29) is 6.42 Å². The van der Waals surface area contributed by atoms with Crippen molar-refractivity contribution in [3.8, 4) is 5.82 Å². The lowest BCUT2D eigenvalue weighted by molar-refractivity contribution is -0.137. The number of carbonyl (C=O) groups is 1. The summed E-state index contributed by atoms with van der Waals surface area (Å²) in [5.74, 6) is 0.490. The molecule has 132 valence electrons. The third-order valence-electron chi connectivity index (χ3n) is 4.71. The second-order valence-electron chi connectivity index (χ2n) is 6.50. The molecule has 0 aliphatic heterocycles. The molecule has 0 fully saturated rings. The fourth-order valence-electron chi connectivity index (χ4n) is 3.48. The lowest BCUT2D eigenvalue weighted by Gasteiger charge is -2.12. The molecule has 5 heteroatoms. The van der Waals surface area contributed by atoms with E-state index in [4.69, 9.17) is 5.11 Å². The lowest BCUT2D eigenvalue weighted by atomic mass is 10.1. The van der Waals surface area contributed by atoms with Crippen LogP contribution in [0.1, 0.15) is 44.1 Å². The molecule has 1 aromatic carbocycles. The highest BCUT2D eigenvalue weighted by atomic mass is 16.4. The zero-order valence-electron chi connectivity index (χ0n) is 14.7. The Morgan fingerprint density at radius 3 is 2.64 bits per heavy atom. The van der Waals surface area contributed by atoms with Crippen molar-refractivity contribution in [2.45, 2.75) is 52.0 Å². The van der Waals surface area contributed by atoms with Gasteiger partial charge in [0.15, 0.2) is 0 Å². The number of unbranched alkanes of at least 4 members (excludes halogenated alkanes) is 4. The SMILES string of the molecule is Cc1c(-n2ccnc2)n(CCCCCCCC(=O)O)c2ccccc12. The van der Waals surface area contributed by atoms with Crippen molar-refractivity contribution in [3.05, 3.63) is 48.5 Å². The number of aromatic nitrogens is 3. The first-order valence-electron chi connectivity index (χ1n) is 8.96. The van der Waals surface area contributed by atoms with Crippen molar-refractivity contribution < 1.29 is 9.90 Å².